The second-order valence-electron chi connectivity index (χ2n) is 3.72. The molecule has 0 aliphatic rings. The van der Waals surface area contributed by atoms with Crippen LogP contribution >= 0.6 is 11.6 Å². The number of aliphatic hydroxyl groups excluding tert-OH is 1. The normalized spacial score (nSPS) is 11.9. The van der Waals surface area contributed by atoms with Crippen molar-refractivity contribution < 1.29 is 18.3 Å². The molecular weight excluding hydrogens is 285 g/mol. The Morgan fingerprint density at radius 3 is 2.42 bits per heavy atom. The molecule has 0 spiro atoms. The monoisotopic (exact) mass is 292 g/mol. The molecular formula is C10H8ClF3N4O. The maximum atomic E-state index is 12.7. The van der Waals surface area contributed by atoms with Crippen LogP contribution in [-0.4, -0.2) is 25.1 Å². The van der Waals surface area contributed by atoms with E-state index < -0.39 is 24.0 Å². The van der Waals surface area contributed by atoms with Crippen molar-refractivity contribution in [3.8, 4) is 5.82 Å². The largest absolute Gasteiger partial charge is 0.435 e. The zero-order chi connectivity index (χ0) is 14.2. The first-order chi connectivity index (χ1) is 8.84. The van der Waals surface area contributed by atoms with Crippen molar-refractivity contribution in [1.82, 2.24) is 20.0 Å². The van der Waals surface area contributed by atoms with Crippen LogP contribution in [-0.2, 0) is 12.8 Å². The third kappa shape index (κ3) is 2.54. The molecule has 0 aromatic carbocycles. The smallest absolute Gasteiger partial charge is 0.391 e. The van der Waals surface area contributed by atoms with E-state index in [9.17, 15) is 13.2 Å². The number of aromatic nitrogens is 4. The van der Waals surface area contributed by atoms with Gasteiger partial charge in [0.05, 0.1) is 12.3 Å². The lowest BCUT2D eigenvalue weighted by Gasteiger charge is -2.03. The van der Waals surface area contributed by atoms with E-state index in [1.807, 2.05) is 0 Å². The molecule has 0 amide bonds. The van der Waals surface area contributed by atoms with Gasteiger partial charge in [0.15, 0.2) is 11.5 Å². The minimum atomic E-state index is -4.70. The van der Waals surface area contributed by atoms with E-state index in [1.54, 1.807) is 13.0 Å². The summed E-state index contributed by atoms with van der Waals surface area (Å²) < 4.78 is 39.0. The lowest BCUT2D eigenvalue weighted by Crippen LogP contribution is -2.10. The van der Waals surface area contributed by atoms with Gasteiger partial charge >= 0.3 is 6.18 Å². The molecule has 19 heavy (non-hydrogen) atoms. The zero-order valence-corrected chi connectivity index (χ0v) is 10.4. The van der Waals surface area contributed by atoms with E-state index in [4.69, 9.17) is 16.7 Å². The van der Waals surface area contributed by atoms with Crippen LogP contribution in [0.5, 0.6) is 0 Å². The molecule has 2 aromatic heterocycles. The number of rotatable bonds is 2. The molecule has 102 valence electrons. The second kappa shape index (κ2) is 4.78. The third-order valence-electron chi connectivity index (χ3n) is 2.35. The highest BCUT2D eigenvalue weighted by Crippen LogP contribution is 2.35. The van der Waals surface area contributed by atoms with Crippen LogP contribution in [0.25, 0.3) is 5.82 Å². The molecule has 1 N–H and O–H groups in total. The summed E-state index contributed by atoms with van der Waals surface area (Å²) in [6.45, 7) is 0.814. The summed E-state index contributed by atoms with van der Waals surface area (Å²) in [5.41, 5.74) is -1.12. The maximum absolute atomic E-state index is 12.7. The topological polar surface area (TPSA) is 63.8 Å². The van der Waals surface area contributed by atoms with Gasteiger partial charge in [-0.3, -0.25) is 0 Å². The second-order valence-corrected chi connectivity index (χ2v) is 4.08. The predicted molar refractivity (Wildman–Crippen MR) is 59.8 cm³/mol. The Bertz CT molecular complexity index is 594. The van der Waals surface area contributed by atoms with Crippen molar-refractivity contribution >= 4 is 11.6 Å². The number of hydrogen-bond donors (Lipinski definition) is 1. The number of alkyl halides is 3. The first-order valence-corrected chi connectivity index (χ1v) is 5.48. The Morgan fingerprint density at radius 1 is 1.32 bits per heavy atom. The summed E-state index contributed by atoms with van der Waals surface area (Å²) in [6.07, 6.45) is -4.70. The number of aliphatic hydroxyl groups is 1. The fourth-order valence-corrected chi connectivity index (χ4v) is 1.73. The molecule has 0 aliphatic heterocycles. The molecule has 0 aliphatic carbocycles. The molecule has 0 atom stereocenters. The minimum absolute atomic E-state index is 0.0424. The van der Waals surface area contributed by atoms with Crippen LogP contribution in [0.3, 0.4) is 0 Å². The highest BCUT2D eigenvalue weighted by molar-refractivity contribution is 6.30. The minimum Gasteiger partial charge on any atom is -0.391 e. The Morgan fingerprint density at radius 2 is 2.00 bits per heavy atom. The molecule has 0 unspecified atom stereocenters. The van der Waals surface area contributed by atoms with Crippen LogP contribution in [0.4, 0.5) is 13.2 Å². The SMILES string of the molecule is Cc1ccc(-n2nc(C(F)(F)F)c(CO)c2Cl)nn1. The number of halogens is 4. The first kappa shape index (κ1) is 13.8. The summed E-state index contributed by atoms with van der Waals surface area (Å²) in [5, 5.41) is 19.4. The zero-order valence-electron chi connectivity index (χ0n) is 9.61. The Hall–Kier alpha value is -1.67. The number of nitrogens with zero attached hydrogens (tertiary/aromatic N) is 4. The molecule has 2 aromatic rings. The predicted octanol–water partition coefficient (Wildman–Crippen LogP) is 2.14. The van der Waals surface area contributed by atoms with E-state index in [1.165, 1.54) is 6.07 Å². The highest BCUT2D eigenvalue weighted by atomic mass is 35.5. The van der Waals surface area contributed by atoms with E-state index in [0.717, 1.165) is 4.68 Å². The van der Waals surface area contributed by atoms with Gasteiger partial charge in [0.1, 0.15) is 5.15 Å². The van der Waals surface area contributed by atoms with Crippen LogP contribution < -0.4 is 0 Å². The quantitative estimate of drug-likeness (QED) is 0.921. The lowest BCUT2D eigenvalue weighted by molar-refractivity contribution is -0.142. The summed E-state index contributed by atoms with van der Waals surface area (Å²) in [5.74, 6) is 0.0424. The van der Waals surface area contributed by atoms with Gasteiger partial charge in [0, 0.05) is 5.56 Å². The Labute approximate surface area is 110 Å². The maximum Gasteiger partial charge on any atom is 0.435 e. The van der Waals surface area contributed by atoms with Gasteiger partial charge in [0.25, 0.3) is 0 Å². The van der Waals surface area contributed by atoms with E-state index in [2.05, 4.69) is 15.3 Å². The van der Waals surface area contributed by atoms with Crippen LogP contribution in [0.1, 0.15) is 17.0 Å². The van der Waals surface area contributed by atoms with E-state index >= 15 is 0 Å². The molecule has 0 fully saturated rings. The molecule has 9 heteroatoms. The lowest BCUT2D eigenvalue weighted by atomic mass is 10.2. The molecule has 2 heterocycles. The van der Waals surface area contributed by atoms with Gasteiger partial charge in [-0.1, -0.05) is 11.6 Å². The van der Waals surface area contributed by atoms with Crippen molar-refractivity contribution in [3.63, 3.8) is 0 Å². The summed E-state index contributed by atoms with van der Waals surface area (Å²) >= 11 is 5.78. The van der Waals surface area contributed by atoms with Crippen LogP contribution in [0.15, 0.2) is 12.1 Å². The van der Waals surface area contributed by atoms with Crippen molar-refractivity contribution in [1.29, 1.82) is 0 Å². The summed E-state index contributed by atoms with van der Waals surface area (Å²) in [7, 11) is 0. The molecule has 0 saturated heterocycles. The van der Waals surface area contributed by atoms with E-state index in [-0.39, 0.29) is 11.0 Å². The average molecular weight is 293 g/mol. The van der Waals surface area contributed by atoms with Gasteiger partial charge in [-0.25, -0.2) is 4.68 Å². The molecule has 0 bridgehead atoms. The van der Waals surface area contributed by atoms with Gasteiger partial charge in [-0.2, -0.15) is 23.4 Å². The van der Waals surface area contributed by atoms with Crippen molar-refractivity contribution in [2.75, 3.05) is 0 Å². The van der Waals surface area contributed by atoms with Crippen LogP contribution in [0, 0.1) is 6.92 Å². The van der Waals surface area contributed by atoms with Crippen molar-refractivity contribution in [2.24, 2.45) is 0 Å². The average Bonchev–Trinajstić information content (AvgIpc) is 2.67. The fraction of sp³-hybridized carbons (Fsp3) is 0.300. The number of hydrogen-bond acceptors (Lipinski definition) is 4. The van der Waals surface area contributed by atoms with Crippen molar-refractivity contribution in [3.05, 3.63) is 34.2 Å². The summed E-state index contributed by atoms with van der Waals surface area (Å²) in [4.78, 5) is 0. The van der Waals surface area contributed by atoms with Gasteiger partial charge < -0.3 is 5.11 Å². The Kier molecular flexibility index (Phi) is 3.46. The molecule has 0 saturated carbocycles. The third-order valence-corrected chi connectivity index (χ3v) is 2.74. The van der Waals surface area contributed by atoms with Gasteiger partial charge in [-0.05, 0) is 19.1 Å². The van der Waals surface area contributed by atoms with Crippen LogP contribution in [0.2, 0.25) is 5.15 Å². The highest BCUT2D eigenvalue weighted by Gasteiger charge is 2.39. The standard InChI is InChI=1S/C10H8ClF3N4O/c1-5-2-3-7(16-15-5)18-9(11)6(4-19)8(17-18)10(12,13)14/h2-3,19H,4H2,1H3. The first-order valence-electron chi connectivity index (χ1n) is 5.10. The fourth-order valence-electron chi connectivity index (χ4n) is 1.45. The van der Waals surface area contributed by atoms with Crippen molar-refractivity contribution in [2.45, 2.75) is 19.7 Å². The molecule has 5 nitrogen and oxygen atoms in total. The summed E-state index contributed by atoms with van der Waals surface area (Å²) in [6, 6.07) is 2.99. The van der Waals surface area contributed by atoms with Gasteiger partial charge in [0.2, 0.25) is 0 Å². The molecule has 2 rings (SSSR count). The number of aryl methyl sites for hydroxylation is 1. The molecule has 0 radical (unpaired) electrons. The van der Waals surface area contributed by atoms with Gasteiger partial charge in [-0.15, -0.1) is 5.10 Å². The Balaban J connectivity index is 2.59. The van der Waals surface area contributed by atoms with E-state index in [0.29, 0.717) is 5.69 Å².